The second kappa shape index (κ2) is 9.65. The van der Waals surface area contributed by atoms with Crippen LogP contribution in [-0.4, -0.2) is 49.2 Å². The van der Waals surface area contributed by atoms with E-state index in [1.807, 2.05) is 0 Å². The van der Waals surface area contributed by atoms with Gasteiger partial charge in [0.25, 0.3) is 11.8 Å². The number of rotatable bonds is 8. The third-order valence-corrected chi connectivity index (χ3v) is 4.37. The smallest absolute Gasteiger partial charge is 0.341 e. The lowest BCUT2D eigenvalue weighted by Crippen LogP contribution is -2.35. The Balaban J connectivity index is 1.84. The van der Waals surface area contributed by atoms with Crippen molar-refractivity contribution >= 4 is 35.5 Å². The summed E-state index contributed by atoms with van der Waals surface area (Å²) in [5, 5.41) is 9.86. The minimum Gasteiger partial charge on any atom is -0.490 e. The molecule has 0 radical (unpaired) electrons. The Morgan fingerprint density at radius 3 is 2.41 bits per heavy atom. The molecule has 2 aromatic rings. The Morgan fingerprint density at radius 2 is 1.78 bits per heavy atom. The highest BCUT2D eigenvalue weighted by molar-refractivity contribution is 6.31. The molecule has 1 aliphatic rings. The van der Waals surface area contributed by atoms with Crippen molar-refractivity contribution in [1.29, 1.82) is 0 Å². The Kier molecular flexibility index (Phi) is 6.74. The second-order valence-corrected chi connectivity index (χ2v) is 6.50. The Morgan fingerprint density at radius 1 is 1.06 bits per heavy atom. The number of carboxylic acids is 1. The fourth-order valence-corrected chi connectivity index (χ4v) is 2.91. The molecular weight excluding hydrogens is 420 g/mol. The number of hydrogen-bond acceptors (Lipinski definition) is 7. The zero-order valence-electron chi connectivity index (χ0n) is 17.3. The number of benzene rings is 2. The third kappa shape index (κ3) is 4.86. The second-order valence-electron chi connectivity index (χ2n) is 6.50. The summed E-state index contributed by atoms with van der Waals surface area (Å²) in [6.45, 7) is 1.52. The number of nitrogens with one attached hydrogen (secondary N) is 1. The molecule has 166 valence electrons. The van der Waals surface area contributed by atoms with Gasteiger partial charge in [-0.1, -0.05) is 6.07 Å². The average molecular weight is 440 g/mol. The summed E-state index contributed by atoms with van der Waals surface area (Å²) in [6.07, 6.45) is 1.39. The number of amides is 2. The van der Waals surface area contributed by atoms with Gasteiger partial charge in [0.1, 0.15) is 5.57 Å². The van der Waals surface area contributed by atoms with Gasteiger partial charge in [0.2, 0.25) is 0 Å². The topological polar surface area (TPSA) is 131 Å². The molecular formula is C22H20N2O8. The van der Waals surface area contributed by atoms with E-state index in [0.717, 1.165) is 5.01 Å². The highest BCUT2D eigenvalue weighted by Gasteiger charge is 2.34. The number of aliphatic carboxylic acids is 1. The predicted octanol–water partition coefficient (Wildman–Crippen LogP) is 1.80. The van der Waals surface area contributed by atoms with Gasteiger partial charge in [0.05, 0.1) is 25.0 Å². The van der Waals surface area contributed by atoms with Gasteiger partial charge in [0.15, 0.2) is 18.1 Å². The first-order chi connectivity index (χ1) is 15.3. The quantitative estimate of drug-likeness (QED) is 0.361. The van der Waals surface area contributed by atoms with Crippen molar-refractivity contribution in [3.05, 3.63) is 59.2 Å². The zero-order valence-corrected chi connectivity index (χ0v) is 17.3. The molecule has 0 spiro atoms. The monoisotopic (exact) mass is 440 g/mol. The first-order valence-electron chi connectivity index (χ1n) is 9.51. The lowest BCUT2D eigenvalue weighted by molar-refractivity contribution is -0.139. The van der Waals surface area contributed by atoms with E-state index in [0.29, 0.717) is 23.4 Å². The largest absolute Gasteiger partial charge is 0.490 e. The first-order valence-corrected chi connectivity index (χ1v) is 9.51. The van der Waals surface area contributed by atoms with Crippen molar-refractivity contribution < 1.29 is 38.5 Å². The molecule has 1 saturated heterocycles. The van der Waals surface area contributed by atoms with Gasteiger partial charge in [-0.2, -0.15) is 0 Å². The van der Waals surface area contributed by atoms with E-state index in [-0.39, 0.29) is 17.1 Å². The van der Waals surface area contributed by atoms with Gasteiger partial charge in [-0.05, 0) is 55.0 Å². The molecule has 2 aromatic carbocycles. The van der Waals surface area contributed by atoms with Crippen LogP contribution in [0.1, 0.15) is 22.8 Å². The molecule has 0 atom stereocenters. The van der Waals surface area contributed by atoms with Crippen molar-refractivity contribution in [3.8, 4) is 11.5 Å². The first kappa shape index (κ1) is 22.3. The van der Waals surface area contributed by atoms with Crippen molar-refractivity contribution in [2.24, 2.45) is 0 Å². The lowest BCUT2D eigenvalue weighted by Gasteiger charge is -2.14. The van der Waals surface area contributed by atoms with Crippen molar-refractivity contribution in [2.45, 2.75) is 6.92 Å². The van der Waals surface area contributed by atoms with Crippen LogP contribution < -0.4 is 19.9 Å². The lowest BCUT2D eigenvalue weighted by atomic mass is 10.1. The number of hydrogen-bond donors (Lipinski definition) is 2. The van der Waals surface area contributed by atoms with Crippen molar-refractivity contribution in [3.63, 3.8) is 0 Å². The molecule has 0 saturated carbocycles. The maximum absolute atomic E-state index is 12.8. The molecule has 3 rings (SSSR count). The van der Waals surface area contributed by atoms with Gasteiger partial charge in [0, 0.05) is 0 Å². The number of carboxylic acid groups (broad SMARTS) is 1. The SMILES string of the molecule is CCOc1cc(C=C2C(=O)NN(c3ccc(C(=O)OC)cc3)C2=O)ccc1OCC(=O)O. The van der Waals surface area contributed by atoms with E-state index >= 15 is 0 Å². The highest BCUT2D eigenvalue weighted by atomic mass is 16.5. The number of esters is 1. The number of methoxy groups -OCH3 is 1. The van der Waals surface area contributed by atoms with E-state index < -0.39 is 30.4 Å². The molecule has 0 aromatic heterocycles. The van der Waals surface area contributed by atoms with E-state index in [1.165, 1.54) is 43.5 Å². The van der Waals surface area contributed by atoms with Crippen molar-refractivity contribution in [1.82, 2.24) is 5.43 Å². The summed E-state index contributed by atoms with van der Waals surface area (Å²) < 4.78 is 15.3. The summed E-state index contributed by atoms with van der Waals surface area (Å²) in [4.78, 5) is 47.5. The molecule has 1 aliphatic heterocycles. The molecule has 10 nitrogen and oxygen atoms in total. The molecule has 32 heavy (non-hydrogen) atoms. The molecule has 2 amide bonds. The number of nitrogens with zero attached hydrogens (tertiary/aromatic N) is 1. The van der Waals surface area contributed by atoms with Crippen LogP contribution in [0.3, 0.4) is 0 Å². The summed E-state index contributed by atoms with van der Waals surface area (Å²) in [5.74, 6) is -2.32. The van der Waals surface area contributed by atoms with Crippen LogP contribution in [0.5, 0.6) is 11.5 Å². The summed E-state index contributed by atoms with van der Waals surface area (Å²) >= 11 is 0. The summed E-state index contributed by atoms with van der Waals surface area (Å²) in [5.41, 5.74) is 3.52. The molecule has 1 heterocycles. The van der Waals surface area contributed by atoms with Gasteiger partial charge in [-0.15, -0.1) is 0 Å². The van der Waals surface area contributed by atoms with Crippen LogP contribution in [0.25, 0.3) is 6.08 Å². The normalized spacial score (nSPS) is 14.3. The zero-order chi connectivity index (χ0) is 23.3. The van der Waals surface area contributed by atoms with Crippen LogP contribution in [0.15, 0.2) is 48.0 Å². The van der Waals surface area contributed by atoms with Gasteiger partial charge in [-0.25, -0.2) is 14.6 Å². The fourth-order valence-electron chi connectivity index (χ4n) is 2.91. The molecule has 10 heteroatoms. The number of carbonyl (C=O) groups is 4. The maximum atomic E-state index is 12.8. The minimum absolute atomic E-state index is 0.108. The van der Waals surface area contributed by atoms with E-state index in [9.17, 15) is 19.2 Å². The minimum atomic E-state index is -1.13. The fraction of sp³-hybridized carbons (Fsp3) is 0.182. The summed E-state index contributed by atoms with van der Waals surface area (Å²) in [7, 11) is 1.26. The average Bonchev–Trinajstić information content (AvgIpc) is 3.06. The number of ether oxygens (including phenoxy) is 3. The van der Waals surface area contributed by atoms with E-state index in [2.05, 4.69) is 10.2 Å². The van der Waals surface area contributed by atoms with E-state index in [4.69, 9.17) is 14.6 Å². The van der Waals surface area contributed by atoms with E-state index in [1.54, 1.807) is 19.1 Å². The van der Waals surface area contributed by atoms with Gasteiger partial charge >= 0.3 is 11.9 Å². The molecule has 1 fully saturated rings. The van der Waals surface area contributed by atoms with Gasteiger partial charge in [-0.3, -0.25) is 15.0 Å². The predicted molar refractivity (Wildman–Crippen MR) is 112 cm³/mol. The number of hydrazine groups is 1. The number of carbonyl (C=O) groups excluding carboxylic acids is 3. The van der Waals surface area contributed by atoms with Crippen LogP contribution in [0, 0.1) is 0 Å². The van der Waals surface area contributed by atoms with Crippen molar-refractivity contribution in [2.75, 3.05) is 25.3 Å². The molecule has 2 N–H and O–H groups in total. The van der Waals surface area contributed by atoms with Crippen LogP contribution >= 0.6 is 0 Å². The molecule has 0 bridgehead atoms. The van der Waals surface area contributed by atoms with Crippen LogP contribution in [0.4, 0.5) is 5.69 Å². The Labute approximate surface area is 183 Å². The van der Waals surface area contributed by atoms with Gasteiger partial charge < -0.3 is 19.3 Å². The molecule has 0 unspecified atom stereocenters. The Bertz CT molecular complexity index is 1090. The summed E-state index contributed by atoms with van der Waals surface area (Å²) in [6, 6.07) is 10.6. The third-order valence-electron chi connectivity index (χ3n) is 4.37. The molecule has 0 aliphatic carbocycles. The number of anilines is 1. The maximum Gasteiger partial charge on any atom is 0.341 e. The van der Waals surface area contributed by atoms with Crippen LogP contribution in [-0.2, 0) is 19.1 Å². The Hall–Kier alpha value is -4.34. The van der Waals surface area contributed by atoms with Crippen LogP contribution in [0.2, 0.25) is 0 Å². The standard InChI is InChI=1S/C22H20N2O8/c1-3-31-18-11-13(4-9-17(18)32-12-19(25)26)10-16-20(27)23-24(21(16)28)15-7-5-14(6-8-15)22(29)30-2/h4-11H,3,12H2,1-2H3,(H,23,27)(H,25,26). The highest BCUT2D eigenvalue weighted by Crippen LogP contribution is 2.30.